The summed E-state index contributed by atoms with van der Waals surface area (Å²) in [7, 11) is -3.78. The van der Waals surface area contributed by atoms with Gasteiger partial charge in [0.15, 0.2) is 0 Å². The van der Waals surface area contributed by atoms with Gasteiger partial charge in [0.25, 0.3) is 10.0 Å². The number of hydrogen-bond donors (Lipinski definition) is 1. The molecule has 0 spiro atoms. The van der Waals surface area contributed by atoms with Gasteiger partial charge in [-0.25, -0.2) is 8.42 Å². The van der Waals surface area contributed by atoms with E-state index in [1.54, 1.807) is 26.0 Å². The summed E-state index contributed by atoms with van der Waals surface area (Å²) < 4.78 is 36.0. The van der Waals surface area contributed by atoms with Crippen LogP contribution in [0.3, 0.4) is 0 Å². The van der Waals surface area contributed by atoms with Crippen molar-refractivity contribution in [2.45, 2.75) is 43.5 Å². The lowest BCUT2D eigenvalue weighted by atomic mass is 9.92. The van der Waals surface area contributed by atoms with E-state index in [-0.39, 0.29) is 18.4 Å². The molecule has 1 aliphatic heterocycles. The topological polar surface area (TPSA) is 76.0 Å². The maximum atomic E-state index is 13.0. The van der Waals surface area contributed by atoms with Gasteiger partial charge in [-0.1, -0.05) is 60.7 Å². The van der Waals surface area contributed by atoms with E-state index in [9.17, 15) is 13.5 Å². The highest BCUT2D eigenvalue weighted by Gasteiger charge is 2.47. The molecule has 5 nitrogen and oxygen atoms in total. The van der Waals surface area contributed by atoms with Crippen LogP contribution in [-0.2, 0) is 14.8 Å². The maximum absolute atomic E-state index is 13.0. The predicted molar refractivity (Wildman–Crippen MR) is 106 cm³/mol. The Morgan fingerprint density at radius 1 is 1.07 bits per heavy atom. The molecule has 3 rings (SSSR count). The second kappa shape index (κ2) is 7.82. The van der Waals surface area contributed by atoms with E-state index in [4.69, 9.17) is 4.74 Å². The highest BCUT2D eigenvalue weighted by Crippen LogP contribution is 2.41. The van der Waals surface area contributed by atoms with Crippen molar-refractivity contribution in [1.82, 2.24) is 0 Å². The molecule has 6 heteroatoms. The zero-order valence-electron chi connectivity index (χ0n) is 15.6. The Hall–Kier alpha value is -2.18. The number of benzene rings is 2. The van der Waals surface area contributed by atoms with Crippen LogP contribution in [0.2, 0.25) is 0 Å². The van der Waals surface area contributed by atoms with Gasteiger partial charge in [-0.05, 0) is 37.3 Å². The van der Waals surface area contributed by atoms with Gasteiger partial charge < -0.3 is 9.84 Å². The van der Waals surface area contributed by atoms with Crippen molar-refractivity contribution in [3.63, 3.8) is 0 Å². The summed E-state index contributed by atoms with van der Waals surface area (Å²) in [6.07, 6.45) is 0.837. The molecule has 0 fully saturated rings. The van der Waals surface area contributed by atoms with Crippen LogP contribution in [0, 0.1) is 0 Å². The molecule has 1 unspecified atom stereocenters. The Kier molecular flexibility index (Phi) is 5.67. The van der Waals surface area contributed by atoms with E-state index in [1.165, 1.54) is 0 Å². The lowest BCUT2D eigenvalue weighted by Gasteiger charge is -2.38. The van der Waals surface area contributed by atoms with Crippen molar-refractivity contribution >= 4 is 15.9 Å². The van der Waals surface area contributed by atoms with Crippen LogP contribution >= 0.6 is 0 Å². The van der Waals surface area contributed by atoms with Gasteiger partial charge in [0.05, 0.1) is 0 Å². The summed E-state index contributed by atoms with van der Waals surface area (Å²) in [6.45, 7) is 3.57. The largest absolute Gasteiger partial charge is 0.472 e. The Bertz CT molecular complexity index is 892. The minimum Gasteiger partial charge on any atom is -0.472 e. The molecule has 0 aliphatic carbocycles. The molecular formula is C21H25NO4S. The van der Waals surface area contributed by atoms with Crippen molar-refractivity contribution in [3.8, 4) is 0 Å². The van der Waals surface area contributed by atoms with Crippen molar-refractivity contribution in [3.05, 3.63) is 71.8 Å². The van der Waals surface area contributed by atoms with Gasteiger partial charge >= 0.3 is 0 Å². The average Bonchev–Trinajstić information content (AvgIpc) is 2.61. The summed E-state index contributed by atoms with van der Waals surface area (Å²) in [4.78, 5) is 0. The van der Waals surface area contributed by atoms with Crippen LogP contribution in [0.25, 0.3) is 0 Å². The summed E-state index contributed by atoms with van der Waals surface area (Å²) in [6, 6.07) is 18.8. The Balaban J connectivity index is 1.93. The molecule has 1 N–H and O–H groups in total. The number of sulfonamides is 1. The number of rotatable bonds is 6. The van der Waals surface area contributed by atoms with Crippen LogP contribution in [0.15, 0.2) is 65.1 Å². The highest BCUT2D eigenvalue weighted by molar-refractivity contribution is 7.90. The van der Waals surface area contributed by atoms with Gasteiger partial charge in [0.1, 0.15) is 10.9 Å². The Morgan fingerprint density at radius 2 is 1.67 bits per heavy atom. The van der Waals surface area contributed by atoms with Gasteiger partial charge in [-0.2, -0.15) is 0 Å². The molecule has 1 heterocycles. The second-order valence-corrected chi connectivity index (χ2v) is 9.00. The molecule has 0 aromatic heterocycles. The van der Waals surface area contributed by atoms with E-state index in [2.05, 4.69) is 4.40 Å². The highest BCUT2D eigenvalue weighted by atomic mass is 32.2. The smallest absolute Gasteiger partial charge is 0.267 e. The van der Waals surface area contributed by atoms with Crippen molar-refractivity contribution in [1.29, 1.82) is 0 Å². The lowest BCUT2D eigenvalue weighted by Crippen LogP contribution is -2.43. The molecule has 0 radical (unpaired) electrons. The van der Waals surface area contributed by atoms with Gasteiger partial charge in [0, 0.05) is 13.0 Å². The first-order valence-electron chi connectivity index (χ1n) is 9.06. The molecule has 2 atom stereocenters. The van der Waals surface area contributed by atoms with Crippen LogP contribution in [0.5, 0.6) is 0 Å². The number of nitrogens with zero attached hydrogens (tertiary/aromatic N) is 1. The summed E-state index contributed by atoms with van der Waals surface area (Å²) in [5.41, 5.74) is 0.746. The van der Waals surface area contributed by atoms with E-state index < -0.39 is 20.9 Å². The zero-order chi connectivity index (χ0) is 19.5. The average molecular weight is 388 g/mol. The third-order valence-corrected chi connectivity index (χ3v) is 6.70. The van der Waals surface area contributed by atoms with E-state index in [1.807, 2.05) is 48.5 Å². The summed E-state index contributed by atoms with van der Waals surface area (Å²) in [5.74, 6) is 0.142. The minimum absolute atomic E-state index is 0.00955. The fourth-order valence-electron chi connectivity index (χ4n) is 3.69. The number of hydrogen-bond acceptors (Lipinski definition) is 4. The maximum Gasteiger partial charge on any atom is 0.267 e. The molecule has 27 heavy (non-hydrogen) atoms. The van der Waals surface area contributed by atoms with Crippen LogP contribution < -0.4 is 0 Å². The predicted octanol–water partition coefficient (Wildman–Crippen LogP) is 3.82. The number of aliphatic hydroxyl groups excluding tert-OH is 1. The minimum atomic E-state index is -3.78. The fourth-order valence-corrected chi connectivity index (χ4v) is 5.46. The fraction of sp³-hybridized carbons (Fsp3) is 0.381. The molecular weight excluding hydrogens is 362 g/mol. The molecule has 0 amide bonds. The molecule has 0 bridgehead atoms. The van der Waals surface area contributed by atoms with Gasteiger partial charge in [0.2, 0.25) is 5.90 Å². The number of ether oxygens (including phenoxy) is 1. The second-order valence-electron chi connectivity index (χ2n) is 7.32. The van der Waals surface area contributed by atoms with Crippen molar-refractivity contribution in [2.75, 3.05) is 6.61 Å². The quantitative estimate of drug-likeness (QED) is 0.817. The van der Waals surface area contributed by atoms with Crippen LogP contribution in [-0.4, -0.2) is 31.6 Å². The Morgan fingerprint density at radius 3 is 2.22 bits per heavy atom. The summed E-state index contributed by atoms with van der Waals surface area (Å²) in [5, 5.41) is 8.57. The first-order valence-corrected chi connectivity index (χ1v) is 10.6. The number of aliphatic hydroxyl groups is 1. The zero-order valence-corrected chi connectivity index (χ0v) is 16.4. The first-order chi connectivity index (χ1) is 12.8. The molecule has 144 valence electrons. The van der Waals surface area contributed by atoms with Crippen molar-refractivity contribution < 1.29 is 18.3 Å². The molecule has 0 saturated heterocycles. The van der Waals surface area contributed by atoms with E-state index >= 15 is 0 Å². The standard InChI is InChI=1S/C21H25NO4S/c1-21(2)20(17-11-7-4-8-12-17)27(24,25)22-19(26-21)15-18(13-14-23)16-9-5-3-6-10-16/h3-12,18,20,23H,13-15H2,1-2H3/t18-,20?/m1/s1. The summed E-state index contributed by atoms with van der Waals surface area (Å²) >= 11 is 0. The third kappa shape index (κ3) is 4.39. The molecule has 2 aromatic rings. The molecule has 0 saturated carbocycles. The monoisotopic (exact) mass is 387 g/mol. The normalized spacial score (nSPS) is 21.7. The SMILES string of the molecule is CC1(C)OC(C[C@@H](CCO)c2ccccc2)=NS(=O)(=O)C1c1ccccc1. The first kappa shape index (κ1) is 19.6. The van der Waals surface area contributed by atoms with Gasteiger partial charge in [-0.3, -0.25) is 0 Å². The molecule has 1 aliphatic rings. The van der Waals surface area contributed by atoms with Gasteiger partial charge in [-0.15, -0.1) is 4.40 Å². The van der Waals surface area contributed by atoms with Crippen LogP contribution in [0.1, 0.15) is 49.0 Å². The molecule has 2 aromatic carbocycles. The van der Waals surface area contributed by atoms with E-state index in [0.717, 1.165) is 5.56 Å². The van der Waals surface area contributed by atoms with E-state index in [0.29, 0.717) is 18.4 Å². The third-order valence-electron chi connectivity index (χ3n) is 4.81. The lowest BCUT2D eigenvalue weighted by molar-refractivity contribution is 0.0798. The van der Waals surface area contributed by atoms with Crippen molar-refractivity contribution in [2.24, 2.45) is 4.40 Å². The van der Waals surface area contributed by atoms with Crippen LogP contribution in [0.4, 0.5) is 0 Å². The Labute approximate surface area is 160 Å².